The van der Waals surface area contributed by atoms with Crippen LogP contribution < -0.4 is 5.32 Å². The smallest absolute Gasteiger partial charge is 0.211 e. The highest BCUT2D eigenvalue weighted by Gasteiger charge is 2.29. The molecule has 2 saturated heterocycles. The molecule has 7 heteroatoms. The number of hydrogen-bond acceptors (Lipinski definition) is 5. The molecule has 118 valence electrons. The first-order valence-corrected chi connectivity index (χ1v) is 9.19. The molecule has 6 nitrogen and oxygen atoms in total. The molecule has 0 aliphatic carbocycles. The van der Waals surface area contributed by atoms with Gasteiger partial charge in [0.05, 0.1) is 19.5 Å². The summed E-state index contributed by atoms with van der Waals surface area (Å²) < 4.78 is 35.8. The van der Waals surface area contributed by atoms with E-state index >= 15 is 0 Å². The lowest BCUT2D eigenvalue weighted by Crippen LogP contribution is -2.42. The molecule has 2 heterocycles. The number of sulfonamides is 1. The van der Waals surface area contributed by atoms with E-state index in [1.807, 2.05) is 7.05 Å². The highest BCUT2D eigenvalue weighted by atomic mass is 32.2. The van der Waals surface area contributed by atoms with Crippen LogP contribution in [-0.2, 0) is 19.5 Å². The van der Waals surface area contributed by atoms with Crippen molar-refractivity contribution in [1.82, 2.24) is 9.62 Å². The van der Waals surface area contributed by atoms with Gasteiger partial charge in [0.15, 0.2) is 6.29 Å². The predicted octanol–water partition coefficient (Wildman–Crippen LogP) is 0.399. The molecule has 2 fully saturated rings. The maximum atomic E-state index is 11.6. The van der Waals surface area contributed by atoms with Gasteiger partial charge in [-0.1, -0.05) is 0 Å². The Morgan fingerprint density at radius 2 is 2.00 bits per heavy atom. The van der Waals surface area contributed by atoms with Gasteiger partial charge in [0.25, 0.3) is 0 Å². The van der Waals surface area contributed by atoms with Gasteiger partial charge in [-0.2, -0.15) is 0 Å². The van der Waals surface area contributed by atoms with Crippen molar-refractivity contribution < 1.29 is 17.9 Å². The van der Waals surface area contributed by atoms with Crippen LogP contribution in [0.1, 0.15) is 25.7 Å². The van der Waals surface area contributed by atoms with Crippen LogP contribution in [0.4, 0.5) is 0 Å². The van der Waals surface area contributed by atoms with E-state index in [1.54, 1.807) is 4.31 Å². The summed E-state index contributed by atoms with van der Waals surface area (Å²) in [5.74, 6) is 0.414. The lowest BCUT2D eigenvalue weighted by atomic mass is 9.91. The van der Waals surface area contributed by atoms with Crippen molar-refractivity contribution in [2.45, 2.75) is 38.0 Å². The molecule has 2 rings (SSSR count). The van der Waals surface area contributed by atoms with Crippen LogP contribution in [0.2, 0.25) is 0 Å². The van der Waals surface area contributed by atoms with Gasteiger partial charge in [0.2, 0.25) is 10.0 Å². The highest BCUT2D eigenvalue weighted by molar-refractivity contribution is 7.88. The Morgan fingerprint density at radius 3 is 2.60 bits per heavy atom. The average molecular weight is 306 g/mol. The largest absolute Gasteiger partial charge is 0.350 e. The molecule has 0 bridgehead atoms. The van der Waals surface area contributed by atoms with Crippen LogP contribution in [0.25, 0.3) is 0 Å². The summed E-state index contributed by atoms with van der Waals surface area (Å²) in [6.45, 7) is 2.65. The van der Waals surface area contributed by atoms with Gasteiger partial charge >= 0.3 is 0 Å². The molecule has 0 saturated carbocycles. The zero-order valence-corrected chi connectivity index (χ0v) is 13.2. The Morgan fingerprint density at radius 1 is 1.30 bits per heavy atom. The number of rotatable bonds is 6. The van der Waals surface area contributed by atoms with Crippen molar-refractivity contribution >= 4 is 10.0 Å². The standard InChI is InChI=1S/C13H26N2O4S/c1-14-12(9-13-18-6-7-19-13)8-11-4-3-5-15(10-11)20(2,16)17/h11-14H,3-10H2,1-2H3. The predicted molar refractivity (Wildman–Crippen MR) is 76.9 cm³/mol. The maximum Gasteiger partial charge on any atom is 0.211 e. The van der Waals surface area contributed by atoms with Crippen molar-refractivity contribution in [2.24, 2.45) is 5.92 Å². The maximum absolute atomic E-state index is 11.6. The molecule has 0 amide bonds. The quantitative estimate of drug-likeness (QED) is 0.769. The molecule has 2 aliphatic heterocycles. The third-order valence-electron chi connectivity index (χ3n) is 4.14. The molecule has 2 atom stereocenters. The minimum Gasteiger partial charge on any atom is -0.350 e. The Labute approximate surface area is 121 Å². The third-order valence-corrected chi connectivity index (χ3v) is 5.41. The average Bonchev–Trinajstić information content (AvgIpc) is 2.90. The zero-order chi connectivity index (χ0) is 14.6. The van der Waals surface area contributed by atoms with Crippen molar-refractivity contribution in [3.8, 4) is 0 Å². The first kappa shape index (κ1) is 16.2. The van der Waals surface area contributed by atoms with E-state index in [0.717, 1.165) is 25.7 Å². The lowest BCUT2D eigenvalue weighted by Gasteiger charge is -2.33. The molecule has 1 N–H and O–H groups in total. The van der Waals surface area contributed by atoms with Gasteiger partial charge in [-0.3, -0.25) is 0 Å². The molecule has 20 heavy (non-hydrogen) atoms. The van der Waals surface area contributed by atoms with Crippen LogP contribution in [-0.4, -0.2) is 64.7 Å². The highest BCUT2D eigenvalue weighted by Crippen LogP contribution is 2.24. The Hall–Kier alpha value is -0.210. The van der Waals surface area contributed by atoms with Crippen molar-refractivity contribution in [3.05, 3.63) is 0 Å². The SMILES string of the molecule is CNC(CC1CCCN(S(C)(=O)=O)C1)CC1OCCO1. The number of hydrogen-bond donors (Lipinski definition) is 1. The van der Waals surface area contributed by atoms with E-state index in [1.165, 1.54) is 6.26 Å². The van der Waals surface area contributed by atoms with Crippen molar-refractivity contribution in [2.75, 3.05) is 39.6 Å². The Bertz CT molecular complexity index is 395. The van der Waals surface area contributed by atoms with Gasteiger partial charge in [0, 0.05) is 25.6 Å². The minimum atomic E-state index is -3.06. The summed E-state index contributed by atoms with van der Waals surface area (Å²) in [6.07, 6.45) is 5.02. The van der Waals surface area contributed by atoms with E-state index in [-0.39, 0.29) is 6.29 Å². The molecular formula is C13H26N2O4S. The summed E-state index contributed by atoms with van der Waals surface area (Å²) in [4.78, 5) is 0. The normalized spacial score (nSPS) is 27.8. The van der Waals surface area contributed by atoms with E-state index < -0.39 is 10.0 Å². The second-order valence-electron chi connectivity index (χ2n) is 5.76. The van der Waals surface area contributed by atoms with Crippen LogP contribution >= 0.6 is 0 Å². The van der Waals surface area contributed by atoms with Gasteiger partial charge in [-0.05, 0) is 32.2 Å². The van der Waals surface area contributed by atoms with Crippen LogP contribution in [0.15, 0.2) is 0 Å². The molecule has 2 aliphatic rings. The summed E-state index contributed by atoms with van der Waals surface area (Å²) in [6, 6.07) is 0.308. The van der Waals surface area contributed by atoms with Crippen LogP contribution in [0.3, 0.4) is 0 Å². The Kier molecular flexibility index (Phi) is 5.80. The van der Waals surface area contributed by atoms with E-state index in [4.69, 9.17) is 9.47 Å². The molecule has 0 aromatic carbocycles. The topological polar surface area (TPSA) is 67.9 Å². The molecule has 0 radical (unpaired) electrons. The molecule has 2 unspecified atom stereocenters. The first-order chi connectivity index (χ1) is 9.49. The fourth-order valence-electron chi connectivity index (χ4n) is 3.03. The molecule has 0 spiro atoms. The van der Waals surface area contributed by atoms with Gasteiger partial charge in [-0.15, -0.1) is 0 Å². The van der Waals surface area contributed by atoms with Crippen molar-refractivity contribution in [3.63, 3.8) is 0 Å². The van der Waals surface area contributed by atoms with Crippen molar-refractivity contribution in [1.29, 1.82) is 0 Å². The Balaban J connectivity index is 1.83. The van der Waals surface area contributed by atoms with E-state index in [0.29, 0.717) is 38.3 Å². The van der Waals surface area contributed by atoms with Crippen LogP contribution in [0.5, 0.6) is 0 Å². The fourth-order valence-corrected chi connectivity index (χ4v) is 3.97. The molecular weight excluding hydrogens is 280 g/mol. The molecule has 0 aromatic heterocycles. The van der Waals surface area contributed by atoms with Gasteiger partial charge < -0.3 is 14.8 Å². The van der Waals surface area contributed by atoms with E-state index in [9.17, 15) is 8.42 Å². The second-order valence-corrected chi connectivity index (χ2v) is 7.74. The summed E-state index contributed by atoms with van der Waals surface area (Å²) in [5, 5.41) is 3.30. The lowest BCUT2D eigenvalue weighted by molar-refractivity contribution is -0.0539. The number of piperidine rings is 1. The van der Waals surface area contributed by atoms with E-state index in [2.05, 4.69) is 5.32 Å². The third kappa shape index (κ3) is 4.66. The molecule has 0 aromatic rings. The van der Waals surface area contributed by atoms with Gasteiger partial charge in [0.1, 0.15) is 0 Å². The summed E-state index contributed by atoms with van der Waals surface area (Å²) in [5.41, 5.74) is 0. The number of nitrogens with zero attached hydrogens (tertiary/aromatic N) is 1. The summed E-state index contributed by atoms with van der Waals surface area (Å²) >= 11 is 0. The van der Waals surface area contributed by atoms with Gasteiger partial charge in [-0.25, -0.2) is 12.7 Å². The zero-order valence-electron chi connectivity index (χ0n) is 12.4. The number of nitrogens with one attached hydrogen (secondary N) is 1. The second kappa shape index (κ2) is 7.17. The summed E-state index contributed by atoms with van der Waals surface area (Å²) in [7, 11) is -1.12. The first-order valence-electron chi connectivity index (χ1n) is 7.34. The number of ether oxygens (including phenoxy) is 2. The van der Waals surface area contributed by atoms with Crippen LogP contribution in [0, 0.1) is 5.92 Å². The monoisotopic (exact) mass is 306 g/mol. The fraction of sp³-hybridized carbons (Fsp3) is 1.00. The minimum absolute atomic E-state index is 0.109.